The molecule has 1 aliphatic rings. The van der Waals surface area contributed by atoms with Gasteiger partial charge in [0.25, 0.3) is 0 Å². The molecule has 0 saturated carbocycles. The number of benzene rings is 2. The fraction of sp³-hybridized carbons (Fsp3) is 0.200. The zero-order chi connectivity index (χ0) is 12.4. The smallest absolute Gasteiger partial charge is 0.122 e. The van der Waals surface area contributed by atoms with Gasteiger partial charge in [0.1, 0.15) is 12.4 Å². The number of anilines is 2. The lowest BCUT2D eigenvalue weighted by Crippen LogP contribution is -2.33. The van der Waals surface area contributed by atoms with Crippen LogP contribution < -0.4 is 15.8 Å². The maximum absolute atomic E-state index is 5.93. The van der Waals surface area contributed by atoms with E-state index in [-0.39, 0.29) is 6.04 Å². The SMILES string of the molecule is Nc1ccccc1N[C@@H]1COc2ccccc2C1. The molecule has 1 heterocycles. The molecule has 2 aromatic rings. The van der Waals surface area contributed by atoms with Crippen LogP contribution in [0.3, 0.4) is 0 Å². The van der Waals surface area contributed by atoms with Crippen LogP contribution in [0.1, 0.15) is 5.56 Å². The van der Waals surface area contributed by atoms with Crippen molar-refractivity contribution < 1.29 is 4.74 Å². The van der Waals surface area contributed by atoms with Crippen molar-refractivity contribution in [3.05, 3.63) is 54.1 Å². The summed E-state index contributed by atoms with van der Waals surface area (Å²) in [6.45, 7) is 0.672. The Balaban J connectivity index is 1.75. The van der Waals surface area contributed by atoms with Gasteiger partial charge >= 0.3 is 0 Å². The predicted molar refractivity (Wildman–Crippen MR) is 73.9 cm³/mol. The average Bonchev–Trinajstić information content (AvgIpc) is 2.41. The van der Waals surface area contributed by atoms with Gasteiger partial charge in [-0.1, -0.05) is 30.3 Å². The van der Waals surface area contributed by atoms with Gasteiger partial charge < -0.3 is 15.8 Å². The molecule has 0 bridgehead atoms. The van der Waals surface area contributed by atoms with Gasteiger partial charge in [-0.05, 0) is 30.2 Å². The van der Waals surface area contributed by atoms with Crippen LogP contribution in [0.2, 0.25) is 0 Å². The molecule has 3 N–H and O–H groups in total. The van der Waals surface area contributed by atoms with Crippen molar-refractivity contribution >= 4 is 11.4 Å². The second-order valence-electron chi connectivity index (χ2n) is 4.55. The number of nitrogens with one attached hydrogen (secondary N) is 1. The monoisotopic (exact) mass is 240 g/mol. The van der Waals surface area contributed by atoms with E-state index in [1.807, 2.05) is 42.5 Å². The maximum Gasteiger partial charge on any atom is 0.122 e. The molecule has 0 amide bonds. The van der Waals surface area contributed by atoms with Crippen LogP contribution >= 0.6 is 0 Å². The minimum Gasteiger partial charge on any atom is -0.491 e. The summed E-state index contributed by atoms with van der Waals surface area (Å²) in [4.78, 5) is 0. The number of hydrogen-bond acceptors (Lipinski definition) is 3. The Kier molecular flexibility index (Phi) is 2.81. The lowest BCUT2D eigenvalue weighted by Gasteiger charge is -2.27. The third-order valence-corrected chi connectivity index (χ3v) is 3.20. The summed E-state index contributed by atoms with van der Waals surface area (Å²) in [5.41, 5.74) is 8.93. The number of hydrogen-bond donors (Lipinski definition) is 2. The van der Waals surface area contributed by atoms with Crippen LogP contribution in [0.4, 0.5) is 11.4 Å². The van der Waals surface area contributed by atoms with Gasteiger partial charge in [-0.3, -0.25) is 0 Å². The van der Waals surface area contributed by atoms with Crippen LogP contribution in [-0.2, 0) is 6.42 Å². The number of nitrogen functional groups attached to an aromatic ring is 1. The fourth-order valence-corrected chi connectivity index (χ4v) is 2.27. The highest BCUT2D eigenvalue weighted by Crippen LogP contribution is 2.26. The first kappa shape index (κ1) is 11.0. The van der Waals surface area contributed by atoms with E-state index in [0.29, 0.717) is 6.61 Å². The molecule has 1 aliphatic heterocycles. The highest BCUT2D eigenvalue weighted by molar-refractivity contribution is 5.66. The topological polar surface area (TPSA) is 47.3 Å². The molecule has 0 unspecified atom stereocenters. The van der Waals surface area contributed by atoms with E-state index in [1.165, 1.54) is 5.56 Å². The van der Waals surface area contributed by atoms with Crippen molar-refractivity contribution in [3.8, 4) is 5.75 Å². The molecule has 92 valence electrons. The van der Waals surface area contributed by atoms with Crippen molar-refractivity contribution in [2.75, 3.05) is 17.7 Å². The van der Waals surface area contributed by atoms with Crippen LogP contribution in [0.15, 0.2) is 48.5 Å². The number of rotatable bonds is 2. The van der Waals surface area contributed by atoms with E-state index in [9.17, 15) is 0 Å². The third-order valence-electron chi connectivity index (χ3n) is 3.20. The van der Waals surface area contributed by atoms with Gasteiger partial charge in [0.15, 0.2) is 0 Å². The Morgan fingerprint density at radius 2 is 1.83 bits per heavy atom. The number of ether oxygens (including phenoxy) is 1. The van der Waals surface area contributed by atoms with Crippen LogP contribution in [0.25, 0.3) is 0 Å². The second-order valence-corrected chi connectivity index (χ2v) is 4.55. The molecular weight excluding hydrogens is 224 g/mol. The van der Waals surface area contributed by atoms with Gasteiger partial charge in [-0.25, -0.2) is 0 Å². The molecule has 0 aromatic heterocycles. The molecule has 0 radical (unpaired) electrons. The van der Waals surface area contributed by atoms with Crippen LogP contribution in [0, 0.1) is 0 Å². The first-order chi connectivity index (χ1) is 8.83. The van der Waals surface area contributed by atoms with Crippen LogP contribution in [-0.4, -0.2) is 12.6 Å². The zero-order valence-electron chi connectivity index (χ0n) is 10.1. The van der Waals surface area contributed by atoms with E-state index < -0.39 is 0 Å². The van der Waals surface area contributed by atoms with Crippen molar-refractivity contribution in [2.24, 2.45) is 0 Å². The van der Waals surface area contributed by atoms with E-state index >= 15 is 0 Å². The predicted octanol–water partition coefficient (Wildman–Crippen LogP) is 2.68. The van der Waals surface area contributed by atoms with E-state index in [4.69, 9.17) is 10.5 Å². The zero-order valence-corrected chi connectivity index (χ0v) is 10.1. The second kappa shape index (κ2) is 4.61. The molecule has 0 spiro atoms. The highest BCUT2D eigenvalue weighted by Gasteiger charge is 2.19. The quantitative estimate of drug-likeness (QED) is 0.793. The van der Waals surface area contributed by atoms with Gasteiger partial charge in [0.2, 0.25) is 0 Å². The van der Waals surface area contributed by atoms with Gasteiger partial charge in [0.05, 0.1) is 17.4 Å². The Morgan fingerprint density at radius 1 is 1.06 bits per heavy atom. The average molecular weight is 240 g/mol. The Morgan fingerprint density at radius 3 is 2.72 bits per heavy atom. The van der Waals surface area contributed by atoms with Crippen molar-refractivity contribution in [3.63, 3.8) is 0 Å². The van der Waals surface area contributed by atoms with E-state index in [0.717, 1.165) is 23.5 Å². The minimum atomic E-state index is 0.268. The normalized spacial score (nSPS) is 17.7. The summed E-state index contributed by atoms with van der Waals surface area (Å²) < 4.78 is 5.74. The van der Waals surface area contributed by atoms with Gasteiger partial charge in [0, 0.05) is 0 Å². The molecule has 3 rings (SSSR count). The van der Waals surface area contributed by atoms with Crippen LogP contribution in [0.5, 0.6) is 5.75 Å². The summed E-state index contributed by atoms with van der Waals surface area (Å²) >= 11 is 0. The summed E-state index contributed by atoms with van der Waals surface area (Å²) in [7, 11) is 0. The molecule has 3 nitrogen and oxygen atoms in total. The molecule has 0 fully saturated rings. The van der Waals surface area contributed by atoms with Crippen molar-refractivity contribution in [2.45, 2.75) is 12.5 Å². The first-order valence-corrected chi connectivity index (χ1v) is 6.14. The lowest BCUT2D eigenvalue weighted by molar-refractivity contribution is 0.272. The standard InChI is InChI=1S/C15H16N2O/c16-13-6-2-3-7-14(13)17-12-9-11-5-1-4-8-15(11)18-10-12/h1-8,12,17H,9-10,16H2/t12-/m0/s1. The largest absolute Gasteiger partial charge is 0.491 e. The summed E-state index contributed by atoms with van der Waals surface area (Å²) in [6, 6.07) is 16.3. The lowest BCUT2D eigenvalue weighted by atomic mass is 10.0. The number of para-hydroxylation sites is 3. The minimum absolute atomic E-state index is 0.268. The summed E-state index contributed by atoms with van der Waals surface area (Å²) in [5, 5.41) is 3.44. The van der Waals surface area contributed by atoms with Gasteiger partial charge in [-0.2, -0.15) is 0 Å². The fourth-order valence-electron chi connectivity index (χ4n) is 2.27. The first-order valence-electron chi connectivity index (χ1n) is 6.14. The molecule has 0 saturated heterocycles. The third kappa shape index (κ3) is 2.12. The van der Waals surface area contributed by atoms with Gasteiger partial charge in [-0.15, -0.1) is 0 Å². The highest BCUT2D eigenvalue weighted by atomic mass is 16.5. The molecule has 18 heavy (non-hydrogen) atoms. The van der Waals surface area contributed by atoms with E-state index in [2.05, 4.69) is 11.4 Å². The van der Waals surface area contributed by atoms with Crippen molar-refractivity contribution in [1.29, 1.82) is 0 Å². The molecule has 2 aromatic carbocycles. The Hall–Kier alpha value is -2.16. The molecule has 1 atom stereocenters. The maximum atomic E-state index is 5.93. The molecule has 3 heteroatoms. The number of nitrogens with two attached hydrogens (primary N) is 1. The Bertz CT molecular complexity index is 554. The Labute approximate surface area is 107 Å². The molecule has 0 aliphatic carbocycles. The molecular formula is C15H16N2O. The summed E-state index contributed by atoms with van der Waals surface area (Å²) in [5.74, 6) is 0.997. The number of fused-ring (bicyclic) bond motifs is 1. The van der Waals surface area contributed by atoms with E-state index in [1.54, 1.807) is 0 Å². The van der Waals surface area contributed by atoms with Crippen molar-refractivity contribution in [1.82, 2.24) is 0 Å². The summed E-state index contributed by atoms with van der Waals surface area (Å²) in [6.07, 6.45) is 0.963.